The van der Waals surface area contributed by atoms with E-state index in [9.17, 15) is 18.0 Å². The average Bonchev–Trinajstić information content (AvgIpc) is 3.41. The van der Waals surface area contributed by atoms with Crippen LogP contribution in [0, 0.1) is 0 Å². The monoisotopic (exact) mass is 433 g/mol. The Morgan fingerprint density at radius 3 is 2.68 bits per heavy atom. The molecule has 1 amide bonds. The van der Waals surface area contributed by atoms with Gasteiger partial charge in [0.1, 0.15) is 6.33 Å². The second-order valence-corrected chi connectivity index (χ2v) is 7.56. The van der Waals surface area contributed by atoms with Crippen LogP contribution in [0.5, 0.6) is 11.5 Å². The second-order valence-electron chi connectivity index (χ2n) is 7.56. The first-order valence-corrected chi connectivity index (χ1v) is 9.82. The van der Waals surface area contributed by atoms with Gasteiger partial charge in [-0.25, -0.2) is 4.98 Å². The van der Waals surface area contributed by atoms with Crippen molar-refractivity contribution in [3.63, 3.8) is 0 Å². The van der Waals surface area contributed by atoms with E-state index in [4.69, 9.17) is 9.47 Å². The Morgan fingerprint density at radius 2 is 1.90 bits per heavy atom. The molecular weight excluding hydrogens is 415 g/mol. The van der Waals surface area contributed by atoms with Crippen LogP contribution in [-0.2, 0) is 17.4 Å². The van der Waals surface area contributed by atoms with Crippen molar-refractivity contribution in [2.45, 2.75) is 31.4 Å². The first kappa shape index (κ1) is 19.6. The molecule has 0 aliphatic carbocycles. The number of hydrogen-bond donors (Lipinski definition) is 0. The van der Waals surface area contributed by atoms with E-state index in [2.05, 4.69) is 15.1 Å². The number of likely N-dealkylation sites (tertiary alicyclic amines) is 1. The summed E-state index contributed by atoms with van der Waals surface area (Å²) in [6, 6.07) is 6.44. The van der Waals surface area contributed by atoms with Gasteiger partial charge < -0.3 is 14.4 Å². The molecule has 1 aromatic carbocycles. The molecule has 0 spiro atoms. The minimum Gasteiger partial charge on any atom is -0.454 e. The molecule has 0 radical (unpaired) electrons. The maximum Gasteiger partial charge on any atom is 0.433 e. The number of piperidine rings is 1. The van der Waals surface area contributed by atoms with E-state index in [1.165, 1.54) is 0 Å². The fourth-order valence-electron chi connectivity index (χ4n) is 4.00. The Bertz CT molecular complexity index is 1140. The largest absolute Gasteiger partial charge is 0.454 e. The number of hydrogen-bond acceptors (Lipinski definition) is 6. The van der Waals surface area contributed by atoms with Crippen molar-refractivity contribution >= 4 is 11.7 Å². The summed E-state index contributed by atoms with van der Waals surface area (Å²) in [5.74, 6) is 0.990. The lowest BCUT2D eigenvalue weighted by molar-refractivity contribution is -0.142. The van der Waals surface area contributed by atoms with Crippen LogP contribution in [-0.4, -0.2) is 50.3 Å². The number of benzene rings is 1. The van der Waals surface area contributed by atoms with Gasteiger partial charge in [-0.1, -0.05) is 6.07 Å². The fraction of sp³-hybridized carbons (Fsp3) is 0.400. The summed E-state index contributed by atoms with van der Waals surface area (Å²) < 4.78 is 51.6. The van der Waals surface area contributed by atoms with E-state index in [1.54, 1.807) is 17.0 Å². The molecule has 31 heavy (non-hydrogen) atoms. The van der Waals surface area contributed by atoms with Crippen molar-refractivity contribution in [1.29, 1.82) is 0 Å². The highest BCUT2D eigenvalue weighted by Gasteiger charge is 2.36. The van der Waals surface area contributed by atoms with Crippen LogP contribution in [0.2, 0.25) is 0 Å². The first-order valence-electron chi connectivity index (χ1n) is 9.82. The molecule has 0 N–H and O–H groups in total. The molecule has 162 valence electrons. The standard InChI is InChI=1S/C20H18F3N5O3/c21-20(22,23)17-9-14(26-19-24-10-25-28(17)19)13-3-5-27(6-4-13)18(29)8-12-1-2-15-16(7-12)31-11-30-15/h1-2,7,9-10,13H,3-6,8,11H2. The van der Waals surface area contributed by atoms with Crippen molar-refractivity contribution in [3.05, 3.63) is 47.5 Å². The summed E-state index contributed by atoms with van der Waals surface area (Å²) in [7, 11) is 0. The fourth-order valence-corrected chi connectivity index (χ4v) is 4.00. The van der Waals surface area contributed by atoms with Gasteiger partial charge in [0.05, 0.1) is 6.42 Å². The molecule has 8 nitrogen and oxygen atoms in total. The number of carbonyl (C=O) groups is 1. The van der Waals surface area contributed by atoms with Crippen molar-refractivity contribution in [1.82, 2.24) is 24.5 Å². The summed E-state index contributed by atoms with van der Waals surface area (Å²) >= 11 is 0. The van der Waals surface area contributed by atoms with E-state index in [0.717, 1.165) is 18.0 Å². The molecule has 0 atom stereocenters. The number of ether oxygens (including phenoxy) is 2. The predicted molar refractivity (Wildman–Crippen MR) is 101 cm³/mol. The molecule has 0 saturated carbocycles. The maximum absolute atomic E-state index is 13.4. The third-order valence-corrected chi connectivity index (χ3v) is 5.62. The summed E-state index contributed by atoms with van der Waals surface area (Å²) in [6.07, 6.45) is -2.23. The number of aromatic nitrogens is 4. The first-order chi connectivity index (χ1) is 14.9. The Morgan fingerprint density at radius 1 is 1.13 bits per heavy atom. The molecule has 1 fully saturated rings. The topological polar surface area (TPSA) is 81.9 Å². The normalized spacial score (nSPS) is 16.8. The molecule has 0 unspecified atom stereocenters. The van der Waals surface area contributed by atoms with E-state index in [0.29, 0.717) is 47.6 Å². The minimum atomic E-state index is -4.56. The number of carbonyl (C=O) groups excluding carboxylic acids is 1. The molecule has 2 aliphatic rings. The zero-order valence-corrected chi connectivity index (χ0v) is 16.3. The highest BCUT2D eigenvalue weighted by molar-refractivity contribution is 5.79. The molecule has 3 aromatic rings. The predicted octanol–water partition coefficient (Wildman–Crippen LogP) is 2.82. The van der Waals surface area contributed by atoms with Crippen LogP contribution in [0.3, 0.4) is 0 Å². The van der Waals surface area contributed by atoms with E-state index >= 15 is 0 Å². The summed E-state index contributed by atoms with van der Waals surface area (Å²) in [5, 5.41) is 3.62. The van der Waals surface area contributed by atoms with Crippen LogP contribution < -0.4 is 9.47 Å². The molecular formula is C20H18F3N5O3. The summed E-state index contributed by atoms with van der Waals surface area (Å²) in [5.41, 5.74) is 0.257. The SMILES string of the molecule is O=C(Cc1ccc2c(c1)OCO2)N1CCC(c2cc(C(F)(F)F)n3ncnc3n2)CC1. The second kappa shape index (κ2) is 7.40. The molecule has 0 bridgehead atoms. The van der Waals surface area contributed by atoms with Crippen LogP contribution in [0.15, 0.2) is 30.6 Å². The van der Waals surface area contributed by atoms with Crippen LogP contribution in [0.4, 0.5) is 13.2 Å². The van der Waals surface area contributed by atoms with Crippen LogP contribution in [0.1, 0.15) is 35.7 Å². The van der Waals surface area contributed by atoms with Crippen molar-refractivity contribution < 1.29 is 27.4 Å². The third kappa shape index (κ3) is 3.75. The van der Waals surface area contributed by atoms with Gasteiger partial charge in [-0.05, 0) is 36.6 Å². The molecule has 1 saturated heterocycles. The third-order valence-electron chi connectivity index (χ3n) is 5.62. The van der Waals surface area contributed by atoms with Gasteiger partial charge in [-0.3, -0.25) is 4.79 Å². The zero-order valence-electron chi connectivity index (χ0n) is 16.3. The number of amides is 1. The number of nitrogens with zero attached hydrogens (tertiary/aromatic N) is 5. The molecule has 4 heterocycles. The van der Waals surface area contributed by atoms with Crippen molar-refractivity contribution in [2.75, 3.05) is 19.9 Å². The van der Waals surface area contributed by atoms with E-state index < -0.39 is 11.9 Å². The number of fused-ring (bicyclic) bond motifs is 2. The van der Waals surface area contributed by atoms with Gasteiger partial charge in [0.15, 0.2) is 17.2 Å². The molecule has 2 aromatic heterocycles. The van der Waals surface area contributed by atoms with Gasteiger partial charge in [0.25, 0.3) is 5.78 Å². The van der Waals surface area contributed by atoms with Gasteiger partial charge in [-0.15, -0.1) is 0 Å². The maximum atomic E-state index is 13.4. The lowest BCUT2D eigenvalue weighted by atomic mass is 9.92. The number of alkyl halides is 3. The zero-order chi connectivity index (χ0) is 21.6. The minimum absolute atomic E-state index is 0.0332. The van der Waals surface area contributed by atoms with Gasteiger partial charge in [-0.2, -0.15) is 27.8 Å². The Kier molecular flexibility index (Phi) is 4.67. The summed E-state index contributed by atoms with van der Waals surface area (Å²) in [4.78, 5) is 22.5. The lowest BCUT2D eigenvalue weighted by Crippen LogP contribution is -2.39. The smallest absolute Gasteiger partial charge is 0.433 e. The lowest BCUT2D eigenvalue weighted by Gasteiger charge is -2.32. The van der Waals surface area contributed by atoms with E-state index in [1.807, 2.05) is 6.07 Å². The Balaban J connectivity index is 1.27. The van der Waals surface area contributed by atoms with E-state index in [-0.39, 0.29) is 30.8 Å². The number of halogens is 3. The molecule has 5 rings (SSSR count). The van der Waals surface area contributed by atoms with Crippen LogP contribution in [0.25, 0.3) is 5.78 Å². The van der Waals surface area contributed by atoms with Crippen molar-refractivity contribution in [3.8, 4) is 11.5 Å². The van der Waals surface area contributed by atoms with Gasteiger partial charge in [0.2, 0.25) is 12.7 Å². The van der Waals surface area contributed by atoms with Crippen LogP contribution >= 0.6 is 0 Å². The van der Waals surface area contributed by atoms with Crippen molar-refractivity contribution in [2.24, 2.45) is 0 Å². The average molecular weight is 433 g/mol. The Hall–Kier alpha value is -3.37. The summed E-state index contributed by atoms with van der Waals surface area (Å²) in [6.45, 7) is 1.08. The van der Waals surface area contributed by atoms with Gasteiger partial charge in [0, 0.05) is 24.7 Å². The highest BCUT2D eigenvalue weighted by Crippen LogP contribution is 2.35. The van der Waals surface area contributed by atoms with Gasteiger partial charge >= 0.3 is 6.18 Å². The molecule has 11 heteroatoms. The highest BCUT2D eigenvalue weighted by atomic mass is 19.4. The quantitative estimate of drug-likeness (QED) is 0.632. The molecule has 2 aliphatic heterocycles. The number of rotatable bonds is 3. The Labute approximate surface area is 174 Å².